The molecular weight excluding hydrogens is 166 g/mol. The second-order valence-electron chi connectivity index (χ2n) is 3.82. The van der Waals surface area contributed by atoms with Crippen LogP contribution in [0.3, 0.4) is 0 Å². The van der Waals surface area contributed by atoms with Gasteiger partial charge in [-0.1, -0.05) is 25.7 Å². The smallest absolute Gasteiger partial charge is 0.305 e. The summed E-state index contributed by atoms with van der Waals surface area (Å²) >= 11 is 0. The zero-order valence-electron chi connectivity index (χ0n) is 8.29. The van der Waals surface area contributed by atoms with Crippen LogP contribution >= 0.6 is 0 Å². The second-order valence-corrected chi connectivity index (χ2v) is 3.82. The third-order valence-corrected chi connectivity index (χ3v) is 3.03. The zero-order valence-corrected chi connectivity index (χ0v) is 8.29. The molecule has 0 radical (unpaired) electrons. The Morgan fingerprint density at radius 2 is 2.15 bits per heavy atom. The van der Waals surface area contributed by atoms with Crippen molar-refractivity contribution in [1.29, 1.82) is 0 Å². The molecule has 13 heavy (non-hydrogen) atoms. The van der Waals surface area contributed by atoms with Gasteiger partial charge in [0, 0.05) is 6.42 Å². The minimum Gasteiger partial charge on any atom is -0.469 e. The third-order valence-electron chi connectivity index (χ3n) is 3.03. The van der Waals surface area contributed by atoms with E-state index >= 15 is 0 Å². The first-order chi connectivity index (χ1) is 6.27. The molecule has 0 spiro atoms. The van der Waals surface area contributed by atoms with Crippen LogP contribution < -0.4 is 5.73 Å². The number of rotatable bonds is 4. The van der Waals surface area contributed by atoms with Gasteiger partial charge in [0.05, 0.1) is 7.11 Å². The average molecular weight is 185 g/mol. The molecule has 1 fully saturated rings. The molecule has 0 aliphatic heterocycles. The molecule has 1 aliphatic carbocycles. The Labute approximate surface area is 79.6 Å². The van der Waals surface area contributed by atoms with Crippen LogP contribution in [0, 0.1) is 11.8 Å². The fourth-order valence-electron chi connectivity index (χ4n) is 2.17. The van der Waals surface area contributed by atoms with Gasteiger partial charge in [-0.25, -0.2) is 0 Å². The second kappa shape index (κ2) is 5.22. The van der Waals surface area contributed by atoms with E-state index < -0.39 is 0 Å². The summed E-state index contributed by atoms with van der Waals surface area (Å²) in [5.41, 5.74) is 5.65. The van der Waals surface area contributed by atoms with Crippen molar-refractivity contribution in [3.05, 3.63) is 0 Å². The van der Waals surface area contributed by atoms with E-state index in [-0.39, 0.29) is 5.97 Å². The van der Waals surface area contributed by atoms with E-state index in [0.29, 0.717) is 24.8 Å². The third kappa shape index (κ3) is 2.99. The predicted molar refractivity (Wildman–Crippen MR) is 51.1 cm³/mol. The van der Waals surface area contributed by atoms with Gasteiger partial charge in [0.1, 0.15) is 0 Å². The van der Waals surface area contributed by atoms with Crippen molar-refractivity contribution in [2.45, 2.75) is 32.1 Å². The van der Waals surface area contributed by atoms with Crippen LogP contribution in [-0.4, -0.2) is 19.6 Å². The van der Waals surface area contributed by atoms with Crippen LogP contribution in [0.1, 0.15) is 32.1 Å². The molecule has 0 aromatic rings. The Bertz CT molecular complexity index is 164. The number of carbonyl (C=O) groups is 1. The molecule has 0 unspecified atom stereocenters. The quantitative estimate of drug-likeness (QED) is 0.672. The molecule has 1 aliphatic rings. The number of esters is 1. The van der Waals surface area contributed by atoms with Crippen molar-refractivity contribution in [3.63, 3.8) is 0 Å². The van der Waals surface area contributed by atoms with E-state index in [1.165, 1.54) is 32.8 Å². The van der Waals surface area contributed by atoms with Gasteiger partial charge in [0.15, 0.2) is 0 Å². The van der Waals surface area contributed by atoms with E-state index in [4.69, 9.17) is 5.73 Å². The summed E-state index contributed by atoms with van der Waals surface area (Å²) < 4.78 is 4.65. The van der Waals surface area contributed by atoms with Gasteiger partial charge in [-0.3, -0.25) is 4.79 Å². The summed E-state index contributed by atoms with van der Waals surface area (Å²) in [4.78, 5) is 11.1. The first kappa shape index (κ1) is 10.5. The van der Waals surface area contributed by atoms with E-state index in [2.05, 4.69) is 4.74 Å². The van der Waals surface area contributed by atoms with Gasteiger partial charge in [0.2, 0.25) is 0 Å². The molecule has 3 heteroatoms. The van der Waals surface area contributed by atoms with Crippen molar-refractivity contribution in [3.8, 4) is 0 Å². The van der Waals surface area contributed by atoms with Crippen molar-refractivity contribution < 1.29 is 9.53 Å². The van der Waals surface area contributed by atoms with Crippen LogP contribution in [0.15, 0.2) is 0 Å². The molecule has 0 aromatic carbocycles. The lowest BCUT2D eigenvalue weighted by Crippen LogP contribution is -2.25. The van der Waals surface area contributed by atoms with E-state index in [9.17, 15) is 4.79 Å². The number of hydrogen-bond donors (Lipinski definition) is 1. The Morgan fingerprint density at radius 1 is 1.54 bits per heavy atom. The largest absolute Gasteiger partial charge is 0.469 e. The molecule has 0 heterocycles. The Morgan fingerprint density at radius 3 is 2.62 bits per heavy atom. The fraction of sp³-hybridized carbons (Fsp3) is 0.900. The zero-order chi connectivity index (χ0) is 9.68. The Balaban J connectivity index is 2.37. The van der Waals surface area contributed by atoms with Gasteiger partial charge in [-0.05, 0) is 18.4 Å². The summed E-state index contributed by atoms with van der Waals surface area (Å²) in [5.74, 6) is 0.876. The minimum atomic E-state index is -0.123. The molecule has 1 rings (SSSR count). The summed E-state index contributed by atoms with van der Waals surface area (Å²) in [6, 6.07) is 0. The maximum absolute atomic E-state index is 11.1. The maximum atomic E-state index is 11.1. The summed E-state index contributed by atoms with van der Waals surface area (Å²) in [6.45, 7) is 0.611. The van der Waals surface area contributed by atoms with Crippen molar-refractivity contribution in [2.24, 2.45) is 17.6 Å². The normalized spacial score (nSPS) is 20.2. The maximum Gasteiger partial charge on any atom is 0.305 e. The lowest BCUT2D eigenvalue weighted by Gasteiger charge is -2.20. The minimum absolute atomic E-state index is 0.123. The SMILES string of the molecule is COC(=O)C[C@H](CN)C1CCCC1. The number of carbonyl (C=O) groups excluding carboxylic acids is 1. The molecule has 0 bridgehead atoms. The van der Waals surface area contributed by atoms with Crippen LogP contribution in [0.4, 0.5) is 0 Å². The van der Waals surface area contributed by atoms with Crippen LogP contribution in [0.5, 0.6) is 0 Å². The van der Waals surface area contributed by atoms with E-state index in [1.54, 1.807) is 0 Å². The highest BCUT2D eigenvalue weighted by Crippen LogP contribution is 2.32. The first-order valence-corrected chi connectivity index (χ1v) is 5.04. The number of nitrogens with two attached hydrogens (primary N) is 1. The van der Waals surface area contributed by atoms with Crippen LogP contribution in [0.2, 0.25) is 0 Å². The molecule has 0 saturated heterocycles. The Hall–Kier alpha value is -0.570. The van der Waals surface area contributed by atoms with Gasteiger partial charge in [-0.15, -0.1) is 0 Å². The number of hydrogen-bond acceptors (Lipinski definition) is 3. The number of methoxy groups -OCH3 is 1. The molecule has 76 valence electrons. The highest BCUT2D eigenvalue weighted by molar-refractivity contribution is 5.69. The lowest BCUT2D eigenvalue weighted by molar-refractivity contribution is -0.142. The van der Waals surface area contributed by atoms with Crippen molar-refractivity contribution >= 4 is 5.97 Å². The van der Waals surface area contributed by atoms with Crippen LogP contribution in [0.25, 0.3) is 0 Å². The molecule has 1 atom stereocenters. The molecule has 0 aromatic heterocycles. The average Bonchev–Trinajstić information content (AvgIpc) is 2.66. The molecule has 1 saturated carbocycles. The van der Waals surface area contributed by atoms with E-state index in [0.717, 1.165) is 0 Å². The van der Waals surface area contributed by atoms with Gasteiger partial charge >= 0.3 is 5.97 Å². The molecule has 3 nitrogen and oxygen atoms in total. The Kier molecular flexibility index (Phi) is 4.22. The summed E-state index contributed by atoms with van der Waals surface area (Å²) in [6.07, 6.45) is 5.56. The highest BCUT2D eigenvalue weighted by atomic mass is 16.5. The van der Waals surface area contributed by atoms with Gasteiger partial charge in [0.25, 0.3) is 0 Å². The summed E-state index contributed by atoms with van der Waals surface area (Å²) in [5, 5.41) is 0. The summed E-state index contributed by atoms with van der Waals surface area (Å²) in [7, 11) is 1.44. The van der Waals surface area contributed by atoms with Gasteiger partial charge in [-0.2, -0.15) is 0 Å². The van der Waals surface area contributed by atoms with Crippen molar-refractivity contribution in [1.82, 2.24) is 0 Å². The highest BCUT2D eigenvalue weighted by Gasteiger charge is 2.25. The standard InChI is InChI=1S/C10H19NO2/c1-13-10(12)6-9(7-11)8-4-2-3-5-8/h8-9H,2-7,11H2,1H3/t9-/m1/s1. The topological polar surface area (TPSA) is 52.3 Å². The monoisotopic (exact) mass is 185 g/mol. The predicted octanol–water partition coefficient (Wildman–Crippen LogP) is 1.31. The number of ether oxygens (including phenoxy) is 1. The van der Waals surface area contributed by atoms with Crippen molar-refractivity contribution in [2.75, 3.05) is 13.7 Å². The molecule has 0 amide bonds. The molecular formula is C10H19NO2. The fourth-order valence-corrected chi connectivity index (χ4v) is 2.17. The van der Waals surface area contributed by atoms with E-state index in [1.807, 2.05) is 0 Å². The van der Waals surface area contributed by atoms with Crippen LogP contribution in [-0.2, 0) is 9.53 Å². The first-order valence-electron chi connectivity index (χ1n) is 5.04. The molecule has 2 N–H and O–H groups in total. The lowest BCUT2D eigenvalue weighted by atomic mass is 9.88. The van der Waals surface area contributed by atoms with Gasteiger partial charge < -0.3 is 10.5 Å².